The topological polar surface area (TPSA) is 58.4 Å². The SMILES string of the molecule is CC(C)C(N)CNC(=O)N1CCCCCC1. The smallest absolute Gasteiger partial charge is 0.317 e. The highest BCUT2D eigenvalue weighted by Gasteiger charge is 2.16. The Kier molecular flexibility index (Phi) is 5.60. The van der Waals surface area contributed by atoms with Gasteiger partial charge in [-0.1, -0.05) is 26.7 Å². The second kappa shape index (κ2) is 6.74. The first kappa shape index (κ1) is 13.3. The molecule has 1 atom stereocenters. The van der Waals surface area contributed by atoms with Crippen LogP contribution in [0.5, 0.6) is 0 Å². The predicted octanol–water partition coefficient (Wildman–Crippen LogP) is 1.56. The van der Waals surface area contributed by atoms with Crippen LogP contribution in [0.3, 0.4) is 0 Å². The molecule has 1 unspecified atom stereocenters. The van der Waals surface area contributed by atoms with Crippen molar-refractivity contribution >= 4 is 6.03 Å². The summed E-state index contributed by atoms with van der Waals surface area (Å²) >= 11 is 0. The Morgan fingerprint density at radius 2 is 1.81 bits per heavy atom. The fourth-order valence-electron chi connectivity index (χ4n) is 1.83. The molecule has 0 bridgehead atoms. The summed E-state index contributed by atoms with van der Waals surface area (Å²) in [5.74, 6) is 0.407. The van der Waals surface area contributed by atoms with Gasteiger partial charge in [0.15, 0.2) is 0 Å². The first-order valence-corrected chi connectivity index (χ1v) is 6.39. The Hall–Kier alpha value is -0.770. The van der Waals surface area contributed by atoms with E-state index in [0.29, 0.717) is 12.5 Å². The number of likely N-dealkylation sites (tertiary alicyclic amines) is 1. The monoisotopic (exact) mass is 227 g/mol. The van der Waals surface area contributed by atoms with Crippen molar-refractivity contribution in [3.8, 4) is 0 Å². The lowest BCUT2D eigenvalue weighted by molar-refractivity contribution is 0.198. The molecule has 0 aromatic rings. The molecule has 3 N–H and O–H groups in total. The third kappa shape index (κ3) is 4.39. The Labute approximate surface area is 98.6 Å². The summed E-state index contributed by atoms with van der Waals surface area (Å²) in [4.78, 5) is 13.8. The van der Waals surface area contributed by atoms with Gasteiger partial charge in [0.25, 0.3) is 0 Å². The number of carbonyl (C=O) groups is 1. The van der Waals surface area contributed by atoms with Crippen molar-refractivity contribution < 1.29 is 4.79 Å². The number of amides is 2. The van der Waals surface area contributed by atoms with Gasteiger partial charge in [-0.05, 0) is 18.8 Å². The lowest BCUT2D eigenvalue weighted by Crippen LogP contribution is -2.46. The molecule has 0 aromatic carbocycles. The van der Waals surface area contributed by atoms with E-state index < -0.39 is 0 Å². The zero-order valence-electron chi connectivity index (χ0n) is 10.5. The summed E-state index contributed by atoms with van der Waals surface area (Å²) < 4.78 is 0. The number of hydrogen-bond donors (Lipinski definition) is 2. The predicted molar refractivity (Wildman–Crippen MR) is 66.3 cm³/mol. The zero-order valence-corrected chi connectivity index (χ0v) is 10.5. The maximum Gasteiger partial charge on any atom is 0.317 e. The molecule has 1 rings (SSSR count). The minimum absolute atomic E-state index is 0.0518. The summed E-state index contributed by atoms with van der Waals surface area (Å²) in [6.45, 7) is 6.50. The molecule has 0 aromatic heterocycles. The summed E-state index contributed by atoms with van der Waals surface area (Å²) in [6, 6.07) is 0.105. The number of nitrogens with one attached hydrogen (secondary N) is 1. The first-order valence-electron chi connectivity index (χ1n) is 6.39. The van der Waals surface area contributed by atoms with Crippen LogP contribution in [-0.4, -0.2) is 36.6 Å². The van der Waals surface area contributed by atoms with Crippen LogP contribution in [0.2, 0.25) is 0 Å². The molecule has 0 radical (unpaired) electrons. The number of rotatable bonds is 3. The molecular formula is C12H25N3O. The third-order valence-electron chi connectivity index (χ3n) is 3.24. The van der Waals surface area contributed by atoms with Gasteiger partial charge in [0.1, 0.15) is 0 Å². The second-order valence-electron chi connectivity index (χ2n) is 5.00. The third-order valence-corrected chi connectivity index (χ3v) is 3.24. The fraction of sp³-hybridized carbons (Fsp3) is 0.917. The van der Waals surface area contributed by atoms with Gasteiger partial charge in [0.05, 0.1) is 0 Å². The standard InChI is InChI=1S/C12H25N3O/c1-10(2)11(13)9-14-12(16)15-7-5-3-4-6-8-15/h10-11H,3-9,13H2,1-2H3,(H,14,16). The average Bonchev–Trinajstić information content (AvgIpc) is 2.53. The van der Waals surface area contributed by atoms with Gasteiger partial charge in [0.2, 0.25) is 0 Å². The molecular weight excluding hydrogens is 202 g/mol. The van der Waals surface area contributed by atoms with E-state index in [1.807, 2.05) is 4.90 Å². The quantitative estimate of drug-likeness (QED) is 0.768. The van der Waals surface area contributed by atoms with Gasteiger partial charge in [-0.15, -0.1) is 0 Å². The minimum Gasteiger partial charge on any atom is -0.336 e. The number of nitrogens with two attached hydrogens (primary N) is 1. The van der Waals surface area contributed by atoms with E-state index >= 15 is 0 Å². The number of nitrogens with zero attached hydrogens (tertiary/aromatic N) is 1. The van der Waals surface area contributed by atoms with E-state index in [1.165, 1.54) is 12.8 Å². The van der Waals surface area contributed by atoms with E-state index in [4.69, 9.17) is 5.73 Å². The zero-order chi connectivity index (χ0) is 12.0. The highest BCUT2D eigenvalue weighted by molar-refractivity contribution is 5.74. The lowest BCUT2D eigenvalue weighted by Gasteiger charge is -2.23. The molecule has 1 fully saturated rings. The van der Waals surface area contributed by atoms with Crippen molar-refractivity contribution in [2.75, 3.05) is 19.6 Å². The van der Waals surface area contributed by atoms with Crippen molar-refractivity contribution in [3.05, 3.63) is 0 Å². The Morgan fingerprint density at radius 3 is 2.31 bits per heavy atom. The molecule has 1 heterocycles. The van der Waals surface area contributed by atoms with Crippen molar-refractivity contribution in [2.45, 2.75) is 45.6 Å². The summed E-state index contributed by atoms with van der Waals surface area (Å²) in [6.07, 6.45) is 4.75. The maximum absolute atomic E-state index is 11.8. The van der Waals surface area contributed by atoms with Crippen LogP contribution in [-0.2, 0) is 0 Å². The van der Waals surface area contributed by atoms with Crippen molar-refractivity contribution in [2.24, 2.45) is 11.7 Å². The van der Waals surface area contributed by atoms with Crippen LogP contribution in [0, 0.1) is 5.92 Å². The molecule has 16 heavy (non-hydrogen) atoms. The van der Waals surface area contributed by atoms with Crippen LogP contribution >= 0.6 is 0 Å². The highest BCUT2D eigenvalue weighted by Crippen LogP contribution is 2.09. The Balaban J connectivity index is 2.27. The number of carbonyl (C=O) groups excluding carboxylic acids is 1. The summed E-state index contributed by atoms with van der Waals surface area (Å²) in [5.41, 5.74) is 5.89. The fourth-order valence-corrected chi connectivity index (χ4v) is 1.83. The van der Waals surface area contributed by atoms with Crippen LogP contribution < -0.4 is 11.1 Å². The number of urea groups is 1. The maximum atomic E-state index is 11.8. The lowest BCUT2D eigenvalue weighted by atomic mass is 10.1. The van der Waals surface area contributed by atoms with Crippen LogP contribution in [0.4, 0.5) is 4.79 Å². The van der Waals surface area contributed by atoms with Crippen molar-refractivity contribution in [1.82, 2.24) is 10.2 Å². The molecule has 1 aliphatic rings. The molecule has 2 amide bonds. The summed E-state index contributed by atoms with van der Waals surface area (Å²) in [7, 11) is 0. The normalized spacial score (nSPS) is 19.4. The van der Waals surface area contributed by atoms with Gasteiger partial charge in [-0.3, -0.25) is 0 Å². The molecule has 0 aliphatic carbocycles. The van der Waals surface area contributed by atoms with Gasteiger partial charge < -0.3 is 16.0 Å². The second-order valence-corrected chi connectivity index (χ2v) is 5.00. The summed E-state index contributed by atoms with van der Waals surface area (Å²) in [5, 5.41) is 2.92. The average molecular weight is 227 g/mol. The van der Waals surface area contributed by atoms with Crippen LogP contribution in [0.1, 0.15) is 39.5 Å². The molecule has 0 spiro atoms. The molecule has 4 nitrogen and oxygen atoms in total. The van der Waals surface area contributed by atoms with Gasteiger partial charge >= 0.3 is 6.03 Å². The number of hydrogen-bond acceptors (Lipinski definition) is 2. The van der Waals surface area contributed by atoms with Gasteiger partial charge in [0, 0.05) is 25.7 Å². The first-order chi connectivity index (χ1) is 7.61. The Bertz CT molecular complexity index is 210. The Morgan fingerprint density at radius 1 is 1.25 bits per heavy atom. The van der Waals surface area contributed by atoms with E-state index in [0.717, 1.165) is 25.9 Å². The minimum atomic E-state index is 0.0518. The van der Waals surface area contributed by atoms with Crippen molar-refractivity contribution in [3.63, 3.8) is 0 Å². The highest BCUT2D eigenvalue weighted by atomic mass is 16.2. The van der Waals surface area contributed by atoms with E-state index in [9.17, 15) is 4.79 Å². The molecule has 1 saturated heterocycles. The van der Waals surface area contributed by atoms with Gasteiger partial charge in [-0.25, -0.2) is 4.79 Å². The molecule has 4 heteroatoms. The van der Waals surface area contributed by atoms with Crippen LogP contribution in [0.15, 0.2) is 0 Å². The van der Waals surface area contributed by atoms with Crippen molar-refractivity contribution in [1.29, 1.82) is 0 Å². The van der Waals surface area contributed by atoms with Crippen LogP contribution in [0.25, 0.3) is 0 Å². The van der Waals surface area contributed by atoms with E-state index in [-0.39, 0.29) is 12.1 Å². The molecule has 94 valence electrons. The van der Waals surface area contributed by atoms with E-state index in [1.54, 1.807) is 0 Å². The molecule has 0 saturated carbocycles. The van der Waals surface area contributed by atoms with Gasteiger partial charge in [-0.2, -0.15) is 0 Å². The molecule has 1 aliphatic heterocycles. The largest absolute Gasteiger partial charge is 0.336 e. The van der Waals surface area contributed by atoms with E-state index in [2.05, 4.69) is 19.2 Å².